The van der Waals surface area contributed by atoms with Crippen LogP contribution in [0.25, 0.3) is 4.96 Å². The number of carbonyl (C=O) groups is 1. The van der Waals surface area contributed by atoms with Crippen molar-refractivity contribution in [3.05, 3.63) is 47.2 Å². The summed E-state index contributed by atoms with van der Waals surface area (Å²) >= 11 is 1.57. The van der Waals surface area contributed by atoms with Crippen LogP contribution < -0.4 is 0 Å². The topological polar surface area (TPSA) is 66.6 Å². The number of aromatic nitrogens is 4. The molecule has 0 aromatic carbocycles. The molecule has 1 saturated heterocycles. The molecule has 3 aromatic rings. The first-order valence-electron chi connectivity index (χ1n) is 10.3. The number of rotatable bonds is 5. The Morgan fingerprint density at radius 3 is 2.72 bits per heavy atom. The molecule has 4 heterocycles. The molecule has 8 heteroatoms. The van der Waals surface area contributed by atoms with Gasteiger partial charge in [-0.15, -0.1) is 11.3 Å². The van der Waals surface area contributed by atoms with Crippen molar-refractivity contribution in [3.63, 3.8) is 0 Å². The predicted molar refractivity (Wildman–Crippen MR) is 114 cm³/mol. The lowest BCUT2D eigenvalue weighted by Crippen LogP contribution is -2.35. The summed E-state index contributed by atoms with van der Waals surface area (Å²) in [5.41, 5.74) is 2.51. The summed E-state index contributed by atoms with van der Waals surface area (Å²) in [6.07, 6.45) is 11.2. The number of likely N-dealkylation sites (tertiary alicyclic amines) is 1. The smallest absolute Gasteiger partial charge is 0.274 e. The van der Waals surface area contributed by atoms with E-state index >= 15 is 0 Å². The van der Waals surface area contributed by atoms with Gasteiger partial charge in [0.25, 0.3) is 5.91 Å². The number of imidazole rings is 1. The first kappa shape index (κ1) is 20.0. The largest absolute Gasteiger partial charge is 0.337 e. The van der Waals surface area contributed by atoms with Crippen molar-refractivity contribution in [3.8, 4) is 0 Å². The van der Waals surface area contributed by atoms with Gasteiger partial charge in [0.2, 0.25) is 0 Å². The summed E-state index contributed by atoms with van der Waals surface area (Å²) < 4.78 is 2.06. The van der Waals surface area contributed by atoms with Crippen LogP contribution >= 0.6 is 11.3 Å². The lowest BCUT2D eigenvalue weighted by atomic mass is 10.1. The molecule has 1 unspecified atom stereocenters. The van der Waals surface area contributed by atoms with Crippen LogP contribution in [0.3, 0.4) is 0 Å². The highest BCUT2D eigenvalue weighted by atomic mass is 32.1. The highest BCUT2D eigenvalue weighted by molar-refractivity contribution is 7.15. The molecule has 0 saturated carbocycles. The fraction of sp³-hybridized carbons (Fsp3) is 0.524. The second-order valence-corrected chi connectivity index (χ2v) is 8.62. The van der Waals surface area contributed by atoms with Gasteiger partial charge in [0.1, 0.15) is 6.33 Å². The van der Waals surface area contributed by atoms with E-state index in [-0.39, 0.29) is 11.9 Å². The quantitative estimate of drug-likeness (QED) is 0.638. The Kier molecular flexibility index (Phi) is 6.20. The van der Waals surface area contributed by atoms with Crippen molar-refractivity contribution in [2.45, 2.75) is 51.6 Å². The minimum Gasteiger partial charge on any atom is -0.337 e. The van der Waals surface area contributed by atoms with E-state index in [2.05, 4.69) is 33.2 Å². The van der Waals surface area contributed by atoms with Gasteiger partial charge in [-0.05, 0) is 32.9 Å². The van der Waals surface area contributed by atoms with Crippen LogP contribution in [0.2, 0.25) is 0 Å². The van der Waals surface area contributed by atoms with E-state index in [0.29, 0.717) is 12.2 Å². The van der Waals surface area contributed by atoms with Crippen molar-refractivity contribution in [1.29, 1.82) is 0 Å². The number of hydrogen-bond donors (Lipinski definition) is 0. The zero-order valence-electron chi connectivity index (χ0n) is 17.1. The molecule has 154 valence electrons. The van der Waals surface area contributed by atoms with E-state index in [9.17, 15) is 4.79 Å². The average molecular weight is 413 g/mol. The zero-order valence-corrected chi connectivity index (χ0v) is 17.9. The van der Waals surface area contributed by atoms with Gasteiger partial charge < -0.3 is 4.90 Å². The Balaban J connectivity index is 1.60. The first-order chi connectivity index (χ1) is 14.1. The zero-order chi connectivity index (χ0) is 20.2. The van der Waals surface area contributed by atoms with E-state index in [1.807, 2.05) is 22.5 Å². The number of amides is 1. The van der Waals surface area contributed by atoms with Gasteiger partial charge in [-0.25, -0.2) is 15.0 Å². The molecule has 1 amide bonds. The number of carbonyl (C=O) groups excluding carboxylic acids is 1. The fourth-order valence-electron chi connectivity index (χ4n) is 3.90. The van der Waals surface area contributed by atoms with Crippen LogP contribution in [0.4, 0.5) is 0 Å². The standard InChI is InChI=1S/C21H28N6OS/c1-16(17-8-9-22-15-23-17)25(2)14-18-19(24-21-27(18)12-13-29-21)20(28)26-10-6-4-3-5-7-11-26/h8-9,12-13,15-16H,3-7,10-11,14H2,1-2H3. The monoisotopic (exact) mass is 412 g/mol. The Hall–Kier alpha value is -2.32. The maximum atomic E-state index is 13.4. The predicted octanol–water partition coefficient (Wildman–Crippen LogP) is 3.79. The highest BCUT2D eigenvalue weighted by Gasteiger charge is 2.26. The number of fused-ring (bicyclic) bond motifs is 1. The van der Waals surface area contributed by atoms with Gasteiger partial charge >= 0.3 is 0 Å². The van der Waals surface area contributed by atoms with Gasteiger partial charge in [0, 0.05) is 43.4 Å². The van der Waals surface area contributed by atoms with Crippen molar-refractivity contribution in [2.24, 2.45) is 0 Å². The Morgan fingerprint density at radius 2 is 2.00 bits per heavy atom. The maximum Gasteiger partial charge on any atom is 0.274 e. The highest BCUT2D eigenvalue weighted by Crippen LogP contribution is 2.24. The third kappa shape index (κ3) is 4.33. The molecule has 3 aromatic heterocycles. The van der Waals surface area contributed by atoms with Gasteiger partial charge in [-0.2, -0.15) is 0 Å². The van der Waals surface area contributed by atoms with Crippen molar-refractivity contribution in [1.82, 2.24) is 29.2 Å². The molecule has 0 spiro atoms. The first-order valence-corrected chi connectivity index (χ1v) is 11.2. The molecule has 1 aliphatic rings. The minimum atomic E-state index is 0.0703. The second-order valence-electron chi connectivity index (χ2n) is 7.75. The SMILES string of the molecule is CC(c1ccncn1)N(C)Cc1c(C(=O)N2CCCCCCC2)nc2sccn12. The van der Waals surface area contributed by atoms with E-state index in [1.165, 1.54) is 19.3 Å². The van der Waals surface area contributed by atoms with Gasteiger partial charge in [0.15, 0.2) is 10.7 Å². The molecule has 7 nitrogen and oxygen atoms in total. The normalized spacial score (nSPS) is 16.7. The molecule has 0 aliphatic carbocycles. The average Bonchev–Trinajstić information content (AvgIpc) is 3.30. The summed E-state index contributed by atoms with van der Waals surface area (Å²) in [4.78, 5) is 31.6. The summed E-state index contributed by atoms with van der Waals surface area (Å²) in [5.74, 6) is 0.0703. The van der Waals surface area contributed by atoms with E-state index in [4.69, 9.17) is 4.98 Å². The molecular weight excluding hydrogens is 384 g/mol. The third-order valence-corrected chi connectivity index (χ3v) is 6.56. The molecule has 0 bridgehead atoms. The third-order valence-electron chi connectivity index (χ3n) is 5.80. The maximum absolute atomic E-state index is 13.4. The van der Waals surface area contributed by atoms with Crippen molar-refractivity contribution < 1.29 is 4.79 Å². The van der Waals surface area contributed by atoms with Gasteiger partial charge in [0.05, 0.1) is 11.4 Å². The van der Waals surface area contributed by atoms with Crippen LogP contribution in [0.1, 0.15) is 66.9 Å². The molecule has 1 aliphatic heterocycles. The lowest BCUT2D eigenvalue weighted by molar-refractivity contribution is 0.0734. The number of nitrogens with zero attached hydrogens (tertiary/aromatic N) is 6. The van der Waals surface area contributed by atoms with Crippen LogP contribution in [-0.2, 0) is 6.54 Å². The van der Waals surface area contributed by atoms with Crippen LogP contribution in [-0.4, -0.2) is 55.2 Å². The van der Waals surface area contributed by atoms with Crippen molar-refractivity contribution in [2.75, 3.05) is 20.1 Å². The molecule has 4 rings (SSSR count). The summed E-state index contributed by atoms with van der Waals surface area (Å²) in [7, 11) is 2.06. The summed E-state index contributed by atoms with van der Waals surface area (Å²) in [6, 6.07) is 2.04. The molecular formula is C21H28N6OS. The number of thiazole rings is 1. The lowest BCUT2D eigenvalue weighted by Gasteiger charge is -2.26. The number of hydrogen-bond acceptors (Lipinski definition) is 6. The van der Waals surface area contributed by atoms with Gasteiger partial charge in [-0.3, -0.25) is 14.1 Å². The minimum absolute atomic E-state index is 0.0703. The van der Waals surface area contributed by atoms with Crippen LogP contribution in [0.5, 0.6) is 0 Å². The second kappa shape index (κ2) is 9.00. The Morgan fingerprint density at radius 1 is 1.24 bits per heavy atom. The Bertz CT molecular complexity index is 945. The molecule has 0 N–H and O–H groups in total. The van der Waals surface area contributed by atoms with Gasteiger partial charge in [-0.1, -0.05) is 19.3 Å². The molecule has 0 radical (unpaired) electrons. The molecule has 1 atom stereocenters. The Labute approximate surface area is 175 Å². The van der Waals surface area contributed by atoms with E-state index in [0.717, 1.165) is 42.3 Å². The molecule has 1 fully saturated rings. The summed E-state index contributed by atoms with van der Waals surface area (Å²) in [5, 5.41) is 2.02. The summed E-state index contributed by atoms with van der Waals surface area (Å²) in [6.45, 7) is 4.40. The van der Waals surface area contributed by atoms with E-state index < -0.39 is 0 Å². The van der Waals surface area contributed by atoms with Crippen LogP contribution in [0, 0.1) is 0 Å². The van der Waals surface area contributed by atoms with E-state index in [1.54, 1.807) is 23.9 Å². The molecule has 29 heavy (non-hydrogen) atoms. The van der Waals surface area contributed by atoms with Crippen LogP contribution in [0.15, 0.2) is 30.2 Å². The van der Waals surface area contributed by atoms with Crippen molar-refractivity contribution >= 4 is 22.2 Å². The fourth-order valence-corrected chi connectivity index (χ4v) is 4.64.